The molecule has 10 heavy (non-hydrogen) atoms. The molecule has 2 nitrogen and oxygen atoms in total. The summed E-state index contributed by atoms with van der Waals surface area (Å²) < 4.78 is 0. The highest BCUT2D eigenvalue weighted by molar-refractivity contribution is 6.34. The lowest BCUT2D eigenvalue weighted by molar-refractivity contribution is -0.132. The van der Waals surface area contributed by atoms with Gasteiger partial charge in [0.15, 0.2) is 0 Å². The molecule has 0 aliphatic heterocycles. The smallest absolute Gasteiger partial charge is 0.336 e. The Morgan fingerprint density at radius 1 is 1.40 bits per heavy atom. The maximum atomic E-state index is 10.3. The monoisotopic (exact) mass is 160 g/mol. The van der Waals surface area contributed by atoms with E-state index in [1.807, 2.05) is 0 Å². The predicted octanol–water partition coefficient (Wildman–Crippen LogP) is 2.16. The number of allylic oxidation sites excluding steroid dienone is 2. The lowest BCUT2D eigenvalue weighted by Crippen LogP contribution is -1.99. The standard InChI is InChI=1S/C7H9ClO2/c1-3-5(7(9)10)6(8)4-2/h3-4H,1-2H3,(H,9,10)/b5-3+,6-4+. The quantitative estimate of drug-likeness (QED) is 0.497. The van der Waals surface area contributed by atoms with Crippen molar-refractivity contribution in [3.63, 3.8) is 0 Å². The molecule has 0 rings (SSSR count). The van der Waals surface area contributed by atoms with Crippen LogP contribution in [0.25, 0.3) is 0 Å². The number of hydrogen-bond donors (Lipinski definition) is 1. The Balaban J connectivity index is 4.56. The number of carboxylic acid groups (broad SMARTS) is 1. The van der Waals surface area contributed by atoms with Gasteiger partial charge in [-0.05, 0) is 13.8 Å². The highest BCUT2D eigenvalue weighted by atomic mass is 35.5. The average Bonchev–Trinajstić information content (AvgIpc) is 1.88. The summed E-state index contributed by atoms with van der Waals surface area (Å²) in [4.78, 5) is 10.3. The molecular formula is C7H9ClO2. The Morgan fingerprint density at radius 2 is 1.90 bits per heavy atom. The SMILES string of the molecule is C/C=C(C(=O)O)\C(Cl)=C/C. The van der Waals surface area contributed by atoms with E-state index in [1.165, 1.54) is 6.08 Å². The first kappa shape index (κ1) is 9.24. The van der Waals surface area contributed by atoms with Gasteiger partial charge >= 0.3 is 5.97 Å². The van der Waals surface area contributed by atoms with Gasteiger partial charge in [0.1, 0.15) is 0 Å². The third kappa shape index (κ3) is 2.23. The molecule has 0 aromatic carbocycles. The van der Waals surface area contributed by atoms with E-state index in [0.717, 1.165) is 0 Å². The minimum Gasteiger partial charge on any atom is -0.478 e. The second-order valence-electron chi connectivity index (χ2n) is 1.64. The molecule has 0 aromatic rings. The van der Waals surface area contributed by atoms with Crippen molar-refractivity contribution in [3.8, 4) is 0 Å². The summed E-state index contributed by atoms with van der Waals surface area (Å²) >= 11 is 5.54. The molecule has 0 aromatic heterocycles. The summed E-state index contributed by atoms with van der Waals surface area (Å²) in [5.74, 6) is -0.995. The zero-order valence-corrected chi connectivity index (χ0v) is 6.64. The lowest BCUT2D eigenvalue weighted by atomic mass is 10.2. The lowest BCUT2D eigenvalue weighted by Gasteiger charge is -1.95. The van der Waals surface area contributed by atoms with Crippen LogP contribution in [-0.4, -0.2) is 11.1 Å². The van der Waals surface area contributed by atoms with Crippen LogP contribution in [0.15, 0.2) is 22.8 Å². The first-order chi connectivity index (χ1) is 4.63. The van der Waals surface area contributed by atoms with E-state index < -0.39 is 5.97 Å². The van der Waals surface area contributed by atoms with Crippen LogP contribution in [0.1, 0.15) is 13.8 Å². The number of carbonyl (C=O) groups is 1. The molecule has 0 atom stereocenters. The normalized spacial score (nSPS) is 13.5. The van der Waals surface area contributed by atoms with Gasteiger partial charge in [0.05, 0.1) is 10.6 Å². The summed E-state index contributed by atoms with van der Waals surface area (Å²) in [6.07, 6.45) is 3.01. The van der Waals surface area contributed by atoms with Gasteiger partial charge in [0.25, 0.3) is 0 Å². The Morgan fingerprint density at radius 3 is 2.00 bits per heavy atom. The summed E-state index contributed by atoms with van der Waals surface area (Å²) in [6, 6.07) is 0. The largest absolute Gasteiger partial charge is 0.478 e. The molecule has 56 valence electrons. The molecular weight excluding hydrogens is 152 g/mol. The molecule has 0 fully saturated rings. The molecule has 1 N–H and O–H groups in total. The summed E-state index contributed by atoms with van der Waals surface area (Å²) in [6.45, 7) is 3.32. The molecule has 3 heteroatoms. The van der Waals surface area contributed by atoms with E-state index in [4.69, 9.17) is 16.7 Å². The number of rotatable bonds is 2. The molecule has 0 amide bonds. The van der Waals surface area contributed by atoms with Crippen LogP contribution < -0.4 is 0 Å². The number of halogens is 1. The van der Waals surface area contributed by atoms with E-state index >= 15 is 0 Å². The van der Waals surface area contributed by atoms with Crippen molar-refractivity contribution in [2.75, 3.05) is 0 Å². The van der Waals surface area contributed by atoms with Gasteiger partial charge in [-0.1, -0.05) is 23.8 Å². The van der Waals surface area contributed by atoms with Crippen LogP contribution in [0.3, 0.4) is 0 Å². The molecule has 0 saturated heterocycles. The zero-order chi connectivity index (χ0) is 8.15. The first-order valence-electron chi connectivity index (χ1n) is 2.85. The van der Waals surface area contributed by atoms with E-state index in [-0.39, 0.29) is 10.6 Å². The van der Waals surface area contributed by atoms with Crippen LogP contribution in [0.4, 0.5) is 0 Å². The topological polar surface area (TPSA) is 37.3 Å². The predicted molar refractivity (Wildman–Crippen MR) is 41.0 cm³/mol. The van der Waals surface area contributed by atoms with Crippen LogP contribution >= 0.6 is 11.6 Å². The molecule has 0 saturated carbocycles. The summed E-state index contributed by atoms with van der Waals surface area (Å²) in [5.41, 5.74) is 0.143. The minimum atomic E-state index is -0.995. The highest BCUT2D eigenvalue weighted by Gasteiger charge is 2.07. The first-order valence-corrected chi connectivity index (χ1v) is 3.23. The molecule has 0 radical (unpaired) electrons. The van der Waals surface area contributed by atoms with Crippen molar-refractivity contribution < 1.29 is 9.90 Å². The highest BCUT2D eigenvalue weighted by Crippen LogP contribution is 2.13. The van der Waals surface area contributed by atoms with Gasteiger partial charge in [0.2, 0.25) is 0 Å². The van der Waals surface area contributed by atoms with E-state index in [1.54, 1.807) is 19.9 Å². The Labute approximate surface area is 64.8 Å². The van der Waals surface area contributed by atoms with Gasteiger partial charge < -0.3 is 5.11 Å². The summed E-state index contributed by atoms with van der Waals surface area (Å²) in [7, 11) is 0. The number of aliphatic carboxylic acids is 1. The fourth-order valence-electron chi connectivity index (χ4n) is 0.519. The van der Waals surface area contributed by atoms with E-state index in [0.29, 0.717) is 0 Å². The van der Waals surface area contributed by atoms with Crippen molar-refractivity contribution >= 4 is 17.6 Å². The van der Waals surface area contributed by atoms with E-state index in [2.05, 4.69) is 0 Å². The summed E-state index contributed by atoms with van der Waals surface area (Å²) in [5, 5.41) is 8.75. The molecule has 0 bridgehead atoms. The molecule has 0 spiro atoms. The second-order valence-corrected chi connectivity index (χ2v) is 2.05. The van der Waals surface area contributed by atoms with Crippen molar-refractivity contribution in [2.45, 2.75) is 13.8 Å². The Hall–Kier alpha value is -0.760. The van der Waals surface area contributed by atoms with Gasteiger partial charge in [-0.2, -0.15) is 0 Å². The van der Waals surface area contributed by atoms with Gasteiger partial charge in [0, 0.05) is 0 Å². The molecule has 0 aliphatic carbocycles. The number of hydrogen-bond acceptors (Lipinski definition) is 1. The van der Waals surface area contributed by atoms with Gasteiger partial charge in [-0.3, -0.25) is 0 Å². The van der Waals surface area contributed by atoms with Crippen LogP contribution in [0.2, 0.25) is 0 Å². The molecule has 0 unspecified atom stereocenters. The van der Waals surface area contributed by atoms with Crippen molar-refractivity contribution in [1.29, 1.82) is 0 Å². The van der Waals surface area contributed by atoms with Crippen LogP contribution in [0, 0.1) is 0 Å². The Bertz CT molecular complexity index is 192. The van der Waals surface area contributed by atoms with Crippen molar-refractivity contribution in [3.05, 3.63) is 22.8 Å². The van der Waals surface area contributed by atoms with Gasteiger partial charge in [-0.15, -0.1) is 0 Å². The van der Waals surface area contributed by atoms with Crippen molar-refractivity contribution in [1.82, 2.24) is 0 Å². The zero-order valence-electron chi connectivity index (χ0n) is 5.89. The third-order valence-electron chi connectivity index (χ3n) is 1.03. The van der Waals surface area contributed by atoms with Crippen LogP contribution in [-0.2, 0) is 4.79 Å². The Kier molecular flexibility index (Phi) is 3.81. The molecule has 0 heterocycles. The average molecular weight is 161 g/mol. The van der Waals surface area contributed by atoms with Crippen LogP contribution in [0.5, 0.6) is 0 Å². The third-order valence-corrected chi connectivity index (χ3v) is 1.45. The minimum absolute atomic E-state index is 0.143. The molecule has 0 aliphatic rings. The van der Waals surface area contributed by atoms with E-state index in [9.17, 15) is 4.79 Å². The maximum Gasteiger partial charge on any atom is 0.336 e. The fraction of sp³-hybridized carbons (Fsp3) is 0.286. The maximum absolute atomic E-state index is 10.3. The second kappa shape index (κ2) is 4.12. The number of carboxylic acids is 1. The fourth-order valence-corrected chi connectivity index (χ4v) is 0.709. The van der Waals surface area contributed by atoms with Crippen molar-refractivity contribution in [2.24, 2.45) is 0 Å². The van der Waals surface area contributed by atoms with Gasteiger partial charge in [-0.25, -0.2) is 4.79 Å².